The molecular weight excluding hydrogens is 977 g/mol. The van der Waals surface area contributed by atoms with Gasteiger partial charge in [0, 0.05) is 38.3 Å². The van der Waals surface area contributed by atoms with Crippen LogP contribution in [0.15, 0.2) is 231 Å². The van der Waals surface area contributed by atoms with E-state index in [2.05, 4.69) is 306 Å². The van der Waals surface area contributed by atoms with E-state index >= 15 is 0 Å². The van der Waals surface area contributed by atoms with Crippen LogP contribution in [0.2, 0.25) is 0 Å². The summed E-state index contributed by atoms with van der Waals surface area (Å²) in [6, 6.07) is 86.5. The number of aryl methyl sites for hydroxylation is 4. The minimum atomic E-state index is -0.136. The molecule has 0 fully saturated rings. The molecule has 2 heterocycles. The van der Waals surface area contributed by atoms with E-state index in [1.807, 2.05) is 0 Å². The lowest BCUT2D eigenvalue weighted by molar-refractivity contribution is 0.660. The summed E-state index contributed by atoms with van der Waals surface area (Å²) in [4.78, 5) is 0. The number of rotatable bonds is 8. The third kappa shape index (κ3) is 8.32. The standard InChI is InChI=1S/C79H60N2/c1-49-35-50(2)38-65(37-49)80-75-13-9-7-11-69(75)71-47-63(29-33-77(71)80)61-27-25-57-41-53(19-23-59(57)45-61)15-17-55-21-31-67-68-32-22-56(44-74(68)79(5,6)73(67)43-55)18-16-54-20-24-60-46-62(28-26-58(60)42-54)64-30-34-78-72(48-64)70-12-8-10-14-76(70)81(78)66-39-51(3)36-52(4)40-66/h7-48H,1-6H3. The molecule has 0 bridgehead atoms. The molecule has 0 spiro atoms. The molecule has 386 valence electrons. The molecule has 0 N–H and O–H groups in total. The van der Waals surface area contributed by atoms with Gasteiger partial charge in [0.25, 0.3) is 0 Å². The van der Waals surface area contributed by atoms with Gasteiger partial charge in [-0.2, -0.15) is 0 Å². The van der Waals surface area contributed by atoms with E-state index < -0.39 is 0 Å². The first-order valence-corrected chi connectivity index (χ1v) is 28.4. The van der Waals surface area contributed by atoms with Gasteiger partial charge >= 0.3 is 0 Å². The van der Waals surface area contributed by atoms with Gasteiger partial charge in [0.1, 0.15) is 0 Å². The van der Waals surface area contributed by atoms with Crippen LogP contribution in [0.5, 0.6) is 0 Å². The summed E-state index contributed by atoms with van der Waals surface area (Å²) in [5.74, 6) is 0. The van der Waals surface area contributed by atoms with Crippen LogP contribution < -0.4 is 0 Å². The van der Waals surface area contributed by atoms with Gasteiger partial charge in [0.05, 0.1) is 22.1 Å². The molecule has 0 saturated heterocycles. The van der Waals surface area contributed by atoms with E-state index in [0.717, 1.165) is 0 Å². The fourth-order valence-corrected chi connectivity index (χ4v) is 13.5. The SMILES string of the molecule is Cc1cc(C)cc(-n2c3ccccc3c3cc(-c4ccc5cc(C=Cc6ccc7c(c6)C(C)(C)c6cc(C=Cc8ccc9cc(-c%10ccc%11c(c%10)c%10ccccc%10n%11-c%10cc(C)cc(C)c%10)ccc9c8)ccc6-7)ccc5c4)ccc32)c1. The fourth-order valence-electron chi connectivity index (χ4n) is 13.5. The van der Waals surface area contributed by atoms with Crippen molar-refractivity contribution in [3.8, 4) is 44.8 Å². The normalized spacial score (nSPS) is 13.1. The van der Waals surface area contributed by atoms with Crippen LogP contribution in [0.3, 0.4) is 0 Å². The van der Waals surface area contributed by atoms with Crippen LogP contribution in [-0.4, -0.2) is 9.13 Å². The second-order valence-corrected chi connectivity index (χ2v) is 23.4. The largest absolute Gasteiger partial charge is 0.309 e. The Morgan fingerprint density at radius 3 is 1.05 bits per heavy atom. The third-order valence-corrected chi connectivity index (χ3v) is 17.3. The van der Waals surface area contributed by atoms with Gasteiger partial charge in [-0.3, -0.25) is 0 Å². The quantitative estimate of drug-likeness (QED) is 0.134. The van der Waals surface area contributed by atoms with Gasteiger partial charge in [-0.25, -0.2) is 0 Å². The zero-order chi connectivity index (χ0) is 54.7. The van der Waals surface area contributed by atoms with Crippen LogP contribution in [0, 0.1) is 27.7 Å². The lowest BCUT2D eigenvalue weighted by Gasteiger charge is -2.22. The Morgan fingerprint density at radius 1 is 0.284 bits per heavy atom. The lowest BCUT2D eigenvalue weighted by atomic mass is 9.81. The zero-order valence-corrected chi connectivity index (χ0v) is 46.6. The van der Waals surface area contributed by atoms with E-state index in [-0.39, 0.29) is 5.41 Å². The van der Waals surface area contributed by atoms with Crippen molar-refractivity contribution >= 4 is 89.5 Å². The maximum Gasteiger partial charge on any atom is 0.0541 e. The maximum absolute atomic E-state index is 2.41. The Labute approximate surface area is 473 Å². The Balaban J connectivity index is 0.647. The fraction of sp³-hybridized carbons (Fsp3) is 0.0886. The molecular formula is C79H60N2. The lowest BCUT2D eigenvalue weighted by Crippen LogP contribution is -2.15. The molecule has 1 aliphatic rings. The molecule has 12 aromatic carbocycles. The number of fused-ring (bicyclic) bond motifs is 11. The first-order valence-electron chi connectivity index (χ1n) is 28.4. The van der Waals surface area contributed by atoms with Crippen LogP contribution in [-0.2, 0) is 5.41 Å². The first-order chi connectivity index (χ1) is 39.4. The van der Waals surface area contributed by atoms with Crippen molar-refractivity contribution in [2.45, 2.75) is 47.0 Å². The highest BCUT2D eigenvalue weighted by atomic mass is 15.0. The number of benzene rings is 12. The van der Waals surface area contributed by atoms with Gasteiger partial charge in [0.15, 0.2) is 0 Å². The summed E-state index contributed by atoms with van der Waals surface area (Å²) in [5.41, 5.74) is 27.4. The van der Waals surface area contributed by atoms with E-state index in [4.69, 9.17) is 0 Å². The highest BCUT2D eigenvalue weighted by Crippen LogP contribution is 2.50. The molecule has 0 saturated carbocycles. The van der Waals surface area contributed by atoms with E-state index in [9.17, 15) is 0 Å². The number of hydrogen-bond acceptors (Lipinski definition) is 0. The van der Waals surface area contributed by atoms with Crippen molar-refractivity contribution in [1.29, 1.82) is 0 Å². The molecule has 15 rings (SSSR count). The van der Waals surface area contributed by atoms with Gasteiger partial charge in [-0.15, -0.1) is 0 Å². The highest BCUT2D eigenvalue weighted by Gasteiger charge is 2.35. The monoisotopic (exact) mass is 1040 g/mol. The molecule has 81 heavy (non-hydrogen) atoms. The molecule has 0 radical (unpaired) electrons. The number of aromatic nitrogens is 2. The summed E-state index contributed by atoms with van der Waals surface area (Å²) in [6.07, 6.45) is 9.05. The number of para-hydroxylation sites is 2. The van der Waals surface area contributed by atoms with E-state index in [1.165, 1.54) is 166 Å². The third-order valence-electron chi connectivity index (χ3n) is 17.3. The molecule has 2 heteroatoms. The average Bonchev–Trinajstić information content (AvgIpc) is 4.20. The summed E-state index contributed by atoms with van der Waals surface area (Å²) < 4.78 is 4.83. The molecule has 14 aromatic rings. The highest BCUT2D eigenvalue weighted by molar-refractivity contribution is 6.12. The van der Waals surface area contributed by atoms with Crippen LogP contribution in [0.4, 0.5) is 0 Å². The zero-order valence-electron chi connectivity index (χ0n) is 46.6. The average molecular weight is 1040 g/mol. The van der Waals surface area contributed by atoms with Gasteiger partial charge in [0.2, 0.25) is 0 Å². The molecule has 2 aromatic heterocycles. The first kappa shape index (κ1) is 48.4. The summed E-state index contributed by atoms with van der Waals surface area (Å²) in [7, 11) is 0. The molecule has 0 atom stereocenters. The van der Waals surface area contributed by atoms with Crippen molar-refractivity contribution in [2.24, 2.45) is 0 Å². The Kier molecular flexibility index (Phi) is 11.2. The Morgan fingerprint density at radius 2 is 0.617 bits per heavy atom. The van der Waals surface area contributed by atoms with Gasteiger partial charge in [-0.1, -0.05) is 184 Å². The van der Waals surface area contributed by atoms with E-state index in [0.29, 0.717) is 0 Å². The topological polar surface area (TPSA) is 9.86 Å². The molecule has 0 amide bonds. The predicted molar refractivity (Wildman–Crippen MR) is 348 cm³/mol. The predicted octanol–water partition coefficient (Wildman–Crippen LogP) is 21.4. The summed E-state index contributed by atoms with van der Waals surface area (Å²) in [5, 5.41) is 10.0. The molecule has 0 aliphatic heterocycles. The summed E-state index contributed by atoms with van der Waals surface area (Å²) in [6.45, 7) is 13.5. The van der Waals surface area contributed by atoms with Crippen molar-refractivity contribution in [1.82, 2.24) is 9.13 Å². The second-order valence-electron chi connectivity index (χ2n) is 23.4. The van der Waals surface area contributed by atoms with Crippen LogP contribution >= 0.6 is 0 Å². The van der Waals surface area contributed by atoms with Crippen LogP contribution in [0.1, 0.15) is 69.5 Å². The summed E-state index contributed by atoms with van der Waals surface area (Å²) >= 11 is 0. The minimum Gasteiger partial charge on any atom is -0.309 e. The van der Waals surface area contributed by atoms with Crippen molar-refractivity contribution in [3.05, 3.63) is 286 Å². The molecule has 0 unspecified atom stereocenters. The molecule has 1 aliphatic carbocycles. The van der Waals surface area contributed by atoms with Gasteiger partial charge in [-0.05, 0) is 223 Å². The van der Waals surface area contributed by atoms with Gasteiger partial charge < -0.3 is 9.13 Å². The van der Waals surface area contributed by atoms with Crippen molar-refractivity contribution in [3.63, 3.8) is 0 Å². The van der Waals surface area contributed by atoms with Crippen molar-refractivity contribution < 1.29 is 0 Å². The Bertz CT molecular complexity index is 4650. The minimum absolute atomic E-state index is 0.136. The smallest absolute Gasteiger partial charge is 0.0541 e. The Hall–Kier alpha value is -9.76. The molecule has 2 nitrogen and oxygen atoms in total. The van der Waals surface area contributed by atoms with Crippen molar-refractivity contribution in [2.75, 3.05) is 0 Å². The second kappa shape index (κ2) is 18.7. The number of hydrogen-bond donors (Lipinski definition) is 0. The maximum atomic E-state index is 2.41. The van der Waals surface area contributed by atoms with E-state index in [1.54, 1.807) is 0 Å². The van der Waals surface area contributed by atoms with Crippen LogP contribution in [0.25, 0.3) is 134 Å². The number of nitrogens with zero attached hydrogens (tertiary/aromatic N) is 2.